The number of methoxy groups -OCH3 is 1. The molecule has 2 amide bonds. The van der Waals surface area contributed by atoms with E-state index in [1.54, 1.807) is 7.11 Å². The maximum atomic E-state index is 12.6. The van der Waals surface area contributed by atoms with E-state index in [1.807, 2.05) is 29.2 Å². The molecule has 2 fully saturated rings. The first-order valence-corrected chi connectivity index (χ1v) is 10.0. The zero-order valence-corrected chi connectivity index (χ0v) is 16.2. The molecule has 1 aromatic rings. The number of benzene rings is 1. The number of carbonyl (C=O) groups excluding carboxylic acids is 2. The third-order valence-electron chi connectivity index (χ3n) is 5.92. The number of nitrogens with two attached hydrogens (primary N) is 1. The first kappa shape index (κ1) is 19.7. The Kier molecular flexibility index (Phi) is 6.37. The molecule has 2 aliphatic rings. The van der Waals surface area contributed by atoms with Gasteiger partial charge in [0.2, 0.25) is 11.8 Å². The molecule has 27 heavy (non-hydrogen) atoms. The second-order valence-corrected chi connectivity index (χ2v) is 7.83. The molecule has 3 rings (SSSR count). The van der Waals surface area contributed by atoms with Crippen LogP contribution in [0, 0.1) is 0 Å². The summed E-state index contributed by atoms with van der Waals surface area (Å²) in [6.45, 7) is 1.33. The molecule has 1 saturated carbocycles. The maximum absolute atomic E-state index is 12.6. The zero-order chi connectivity index (χ0) is 19.3. The van der Waals surface area contributed by atoms with Gasteiger partial charge in [0.05, 0.1) is 19.1 Å². The monoisotopic (exact) mass is 373 g/mol. The second-order valence-electron chi connectivity index (χ2n) is 7.83. The summed E-state index contributed by atoms with van der Waals surface area (Å²) in [5.41, 5.74) is 6.53. The van der Waals surface area contributed by atoms with E-state index < -0.39 is 5.54 Å². The molecule has 1 aromatic carbocycles. The van der Waals surface area contributed by atoms with Gasteiger partial charge in [-0.05, 0) is 31.7 Å². The molecule has 0 bridgehead atoms. The number of para-hydroxylation sites is 1. The van der Waals surface area contributed by atoms with Crippen LogP contribution in [0.2, 0.25) is 0 Å². The van der Waals surface area contributed by atoms with Gasteiger partial charge in [-0.1, -0.05) is 37.5 Å². The number of carbonyl (C=O) groups is 2. The number of nitrogens with one attached hydrogen (secondary N) is 1. The minimum atomic E-state index is -0.699. The van der Waals surface area contributed by atoms with Crippen LogP contribution in [0.5, 0.6) is 5.75 Å². The molecule has 1 heterocycles. The highest BCUT2D eigenvalue weighted by Gasteiger charge is 2.36. The summed E-state index contributed by atoms with van der Waals surface area (Å²) >= 11 is 0. The zero-order valence-electron chi connectivity index (χ0n) is 16.2. The quantitative estimate of drug-likeness (QED) is 0.827. The average Bonchev–Trinajstić information content (AvgIpc) is 2.69. The lowest BCUT2D eigenvalue weighted by molar-refractivity contribution is -0.132. The molecular weight excluding hydrogens is 342 g/mol. The van der Waals surface area contributed by atoms with E-state index in [4.69, 9.17) is 10.5 Å². The van der Waals surface area contributed by atoms with E-state index in [1.165, 1.54) is 6.42 Å². The lowest BCUT2D eigenvalue weighted by atomic mass is 9.81. The lowest BCUT2D eigenvalue weighted by Gasteiger charge is -2.36. The topological polar surface area (TPSA) is 84.7 Å². The Hall–Kier alpha value is -2.08. The normalized spacial score (nSPS) is 20.1. The SMILES string of the molecule is COc1ccccc1CC(=O)N1CCC(NC(=O)C2(N)CCCCC2)CC1. The van der Waals surface area contributed by atoms with Gasteiger partial charge in [0.1, 0.15) is 5.75 Å². The highest BCUT2D eigenvalue weighted by Crippen LogP contribution is 2.26. The van der Waals surface area contributed by atoms with E-state index in [-0.39, 0.29) is 17.9 Å². The highest BCUT2D eigenvalue weighted by molar-refractivity contribution is 5.86. The first-order chi connectivity index (χ1) is 13.0. The molecule has 0 spiro atoms. The van der Waals surface area contributed by atoms with Crippen LogP contribution in [0.1, 0.15) is 50.5 Å². The maximum Gasteiger partial charge on any atom is 0.240 e. The third kappa shape index (κ3) is 4.80. The summed E-state index contributed by atoms with van der Waals surface area (Å²) in [6, 6.07) is 7.72. The number of likely N-dealkylation sites (tertiary alicyclic amines) is 1. The summed E-state index contributed by atoms with van der Waals surface area (Å²) in [7, 11) is 1.62. The van der Waals surface area contributed by atoms with Crippen molar-refractivity contribution in [3.63, 3.8) is 0 Å². The molecule has 3 N–H and O–H groups in total. The van der Waals surface area contributed by atoms with E-state index >= 15 is 0 Å². The standard InChI is InChI=1S/C21H31N3O3/c1-27-18-8-4-3-7-16(18)15-19(25)24-13-9-17(10-14-24)23-20(26)21(22)11-5-2-6-12-21/h3-4,7-8,17H,2,5-6,9-15,22H2,1H3,(H,23,26). The van der Waals surface area contributed by atoms with Crippen molar-refractivity contribution >= 4 is 11.8 Å². The van der Waals surface area contributed by atoms with Gasteiger partial charge < -0.3 is 20.7 Å². The van der Waals surface area contributed by atoms with Crippen LogP contribution >= 0.6 is 0 Å². The molecule has 0 aromatic heterocycles. The van der Waals surface area contributed by atoms with Crippen molar-refractivity contribution in [2.45, 2.75) is 62.9 Å². The van der Waals surface area contributed by atoms with Crippen LogP contribution in [-0.4, -0.2) is 48.5 Å². The number of hydrogen-bond acceptors (Lipinski definition) is 4. The Morgan fingerprint density at radius 2 is 1.85 bits per heavy atom. The van der Waals surface area contributed by atoms with Crippen molar-refractivity contribution in [2.75, 3.05) is 20.2 Å². The van der Waals surface area contributed by atoms with Gasteiger partial charge in [-0.3, -0.25) is 9.59 Å². The minimum Gasteiger partial charge on any atom is -0.496 e. The molecule has 0 radical (unpaired) electrons. The minimum absolute atomic E-state index is 0.0130. The largest absolute Gasteiger partial charge is 0.496 e. The van der Waals surface area contributed by atoms with Crippen molar-refractivity contribution < 1.29 is 14.3 Å². The number of piperidine rings is 1. The predicted molar refractivity (Wildman–Crippen MR) is 104 cm³/mol. The fourth-order valence-electron chi connectivity index (χ4n) is 4.14. The van der Waals surface area contributed by atoms with Crippen molar-refractivity contribution in [1.82, 2.24) is 10.2 Å². The van der Waals surface area contributed by atoms with Gasteiger partial charge in [0.15, 0.2) is 0 Å². The van der Waals surface area contributed by atoms with Gasteiger partial charge in [0, 0.05) is 24.7 Å². The molecule has 1 aliphatic heterocycles. The van der Waals surface area contributed by atoms with Crippen molar-refractivity contribution in [3.05, 3.63) is 29.8 Å². The van der Waals surface area contributed by atoms with E-state index in [0.717, 1.165) is 49.8 Å². The molecule has 1 saturated heterocycles. The average molecular weight is 373 g/mol. The fraction of sp³-hybridized carbons (Fsp3) is 0.619. The molecule has 0 atom stereocenters. The van der Waals surface area contributed by atoms with Gasteiger partial charge in [-0.2, -0.15) is 0 Å². The number of hydrogen-bond donors (Lipinski definition) is 2. The van der Waals surface area contributed by atoms with Crippen LogP contribution in [0.3, 0.4) is 0 Å². The smallest absolute Gasteiger partial charge is 0.240 e. The summed E-state index contributed by atoms with van der Waals surface area (Å²) in [6.07, 6.45) is 6.66. The van der Waals surface area contributed by atoms with Crippen LogP contribution < -0.4 is 15.8 Å². The van der Waals surface area contributed by atoms with Crippen molar-refractivity contribution in [2.24, 2.45) is 5.73 Å². The van der Waals surface area contributed by atoms with E-state index in [0.29, 0.717) is 19.5 Å². The Balaban J connectivity index is 1.48. The fourth-order valence-corrected chi connectivity index (χ4v) is 4.14. The predicted octanol–water partition coefficient (Wildman–Crippen LogP) is 2.01. The molecule has 1 aliphatic carbocycles. The van der Waals surface area contributed by atoms with Crippen LogP contribution in [-0.2, 0) is 16.0 Å². The Bertz CT molecular complexity index is 662. The molecular formula is C21H31N3O3. The Labute approximate surface area is 161 Å². The Morgan fingerprint density at radius 1 is 1.19 bits per heavy atom. The van der Waals surface area contributed by atoms with E-state index in [9.17, 15) is 9.59 Å². The highest BCUT2D eigenvalue weighted by atomic mass is 16.5. The summed E-state index contributed by atoms with van der Waals surface area (Å²) in [5.74, 6) is 0.835. The molecule has 6 heteroatoms. The second kappa shape index (κ2) is 8.74. The number of amides is 2. The number of rotatable bonds is 5. The summed E-state index contributed by atoms with van der Waals surface area (Å²) < 4.78 is 5.33. The number of ether oxygens (including phenoxy) is 1. The van der Waals surface area contributed by atoms with Crippen LogP contribution in [0.25, 0.3) is 0 Å². The van der Waals surface area contributed by atoms with Gasteiger partial charge in [0.25, 0.3) is 0 Å². The van der Waals surface area contributed by atoms with Gasteiger partial charge in [-0.25, -0.2) is 0 Å². The van der Waals surface area contributed by atoms with Crippen molar-refractivity contribution in [3.8, 4) is 5.75 Å². The van der Waals surface area contributed by atoms with Crippen molar-refractivity contribution in [1.29, 1.82) is 0 Å². The van der Waals surface area contributed by atoms with E-state index in [2.05, 4.69) is 5.32 Å². The molecule has 0 unspecified atom stereocenters. The third-order valence-corrected chi connectivity index (χ3v) is 5.92. The summed E-state index contributed by atoms with van der Waals surface area (Å²) in [5, 5.41) is 3.13. The Morgan fingerprint density at radius 3 is 2.52 bits per heavy atom. The van der Waals surface area contributed by atoms with Crippen LogP contribution in [0.15, 0.2) is 24.3 Å². The van der Waals surface area contributed by atoms with Gasteiger partial charge >= 0.3 is 0 Å². The molecule has 148 valence electrons. The number of nitrogens with zero attached hydrogens (tertiary/aromatic N) is 1. The van der Waals surface area contributed by atoms with Crippen LogP contribution in [0.4, 0.5) is 0 Å². The molecule has 6 nitrogen and oxygen atoms in total. The first-order valence-electron chi connectivity index (χ1n) is 10.0. The lowest BCUT2D eigenvalue weighted by Crippen LogP contribution is -2.58. The van der Waals surface area contributed by atoms with Gasteiger partial charge in [-0.15, -0.1) is 0 Å². The summed E-state index contributed by atoms with van der Waals surface area (Å²) in [4.78, 5) is 27.1.